The van der Waals surface area contributed by atoms with Crippen molar-refractivity contribution in [3.63, 3.8) is 0 Å². The van der Waals surface area contributed by atoms with Gasteiger partial charge >= 0.3 is 5.97 Å². The third kappa shape index (κ3) is 8.39. The van der Waals surface area contributed by atoms with E-state index in [1.165, 1.54) is 0 Å². The normalized spacial score (nSPS) is 33.6. The van der Waals surface area contributed by atoms with Crippen molar-refractivity contribution in [3.8, 4) is 0 Å². The molecule has 0 aromatic carbocycles. The van der Waals surface area contributed by atoms with Crippen LogP contribution in [0.4, 0.5) is 0 Å². The maximum Gasteiger partial charge on any atom is 0.307 e. The number of hydrogen-bond acceptors (Lipinski definition) is 8. The molecular weight excluding hydrogens is 433 g/mol. The van der Waals surface area contributed by atoms with Crippen LogP contribution in [0.5, 0.6) is 0 Å². The first-order valence-corrected chi connectivity index (χ1v) is 11.8. The summed E-state index contributed by atoms with van der Waals surface area (Å²) in [5, 5.41) is 33.2. The quantitative estimate of drug-likeness (QED) is 0.218. The Morgan fingerprint density at radius 2 is 1.80 bits per heavy atom. The number of carbonyl (C=O) groups excluding carboxylic acids is 1. The smallest absolute Gasteiger partial charge is 0.307 e. The number of hydroxylamine groups is 4. The maximum atomic E-state index is 12.1. The van der Waals surface area contributed by atoms with Crippen LogP contribution < -0.4 is 5.73 Å². The fourth-order valence-electron chi connectivity index (χ4n) is 4.67. The number of nitrogens with two attached hydrogens (primary N) is 1. The Morgan fingerprint density at radius 3 is 2.43 bits per heavy atom. The second-order valence-corrected chi connectivity index (χ2v) is 9.95. The molecule has 0 aromatic heterocycles. The van der Waals surface area contributed by atoms with Crippen LogP contribution in [0.25, 0.3) is 0 Å². The number of hydrogen-bond donors (Lipinski definition) is 4. The molecule has 0 heterocycles. The molecule has 6 unspecified atom stereocenters. The summed E-state index contributed by atoms with van der Waals surface area (Å²) in [7, 11) is 0. The summed E-state index contributed by atoms with van der Waals surface area (Å²) in [6, 6.07) is -0.456. The van der Waals surface area contributed by atoms with Gasteiger partial charge in [0.15, 0.2) is 0 Å². The third-order valence-electron chi connectivity index (χ3n) is 6.25. The van der Waals surface area contributed by atoms with Crippen LogP contribution in [-0.4, -0.2) is 86.8 Å². The number of aliphatic hydroxyl groups is 1. The van der Waals surface area contributed by atoms with E-state index < -0.39 is 12.1 Å². The van der Waals surface area contributed by atoms with Crippen molar-refractivity contribution < 1.29 is 25.1 Å². The van der Waals surface area contributed by atoms with Crippen molar-refractivity contribution >= 4 is 29.2 Å². The van der Waals surface area contributed by atoms with Crippen molar-refractivity contribution in [1.29, 1.82) is 0 Å². The highest BCUT2D eigenvalue weighted by Gasteiger charge is 2.36. The van der Waals surface area contributed by atoms with Crippen molar-refractivity contribution in [2.45, 2.75) is 80.8 Å². The van der Waals surface area contributed by atoms with E-state index in [0.29, 0.717) is 32.1 Å². The standard InChI is InChI=1S/C20H37Cl2N3O5/c1-2-30-20(27)11-18(13-7-15(21)10-16(22)8-13)25(29)6-5-24(28)12-14-9-17(23)3-4-19(14)26/h13-19,26,28-29H,2-12,23H2,1H3. The number of carbonyl (C=O) groups is 1. The lowest BCUT2D eigenvalue weighted by Gasteiger charge is -2.38. The lowest BCUT2D eigenvalue weighted by molar-refractivity contribution is -0.182. The van der Waals surface area contributed by atoms with E-state index in [9.17, 15) is 20.3 Å². The van der Waals surface area contributed by atoms with Gasteiger partial charge in [-0.3, -0.25) is 4.79 Å². The predicted octanol–water partition coefficient (Wildman–Crippen LogP) is 2.19. The van der Waals surface area contributed by atoms with Gasteiger partial charge in [-0.15, -0.1) is 23.2 Å². The monoisotopic (exact) mass is 469 g/mol. The van der Waals surface area contributed by atoms with E-state index in [2.05, 4.69) is 0 Å². The molecule has 10 heteroatoms. The Balaban J connectivity index is 1.92. The number of aliphatic hydroxyl groups excluding tert-OH is 1. The lowest BCUT2D eigenvalue weighted by Crippen LogP contribution is -2.47. The Kier molecular flexibility index (Phi) is 11.1. The van der Waals surface area contributed by atoms with Gasteiger partial charge in [-0.25, -0.2) is 0 Å². The minimum atomic E-state index is -0.492. The molecule has 6 atom stereocenters. The Morgan fingerprint density at radius 1 is 1.13 bits per heavy atom. The molecule has 0 saturated heterocycles. The fraction of sp³-hybridized carbons (Fsp3) is 0.950. The summed E-state index contributed by atoms with van der Waals surface area (Å²) in [5.41, 5.74) is 5.98. The number of rotatable bonds is 10. The third-order valence-corrected chi connectivity index (χ3v) is 6.96. The first kappa shape index (κ1) is 26.1. The van der Waals surface area contributed by atoms with Crippen molar-refractivity contribution in [2.75, 3.05) is 26.2 Å². The molecule has 2 rings (SSSR count). The number of nitrogens with zero attached hydrogens (tertiary/aromatic N) is 2. The van der Waals surface area contributed by atoms with Crippen LogP contribution in [0.2, 0.25) is 0 Å². The average Bonchev–Trinajstić information content (AvgIpc) is 2.66. The van der Waals surface area contributed by atoms with Gasteiger partial charge in [0.25, 0.3) is 0 Å². The highest BCUT2D eigenvalue weighted by molar-refractivity contribution is 6.23. The molecule has 0 spiro atoms. The van der Waals surface area contributed by atoms with Gasteiger partial charge in [-0.05, 0) is 51.4 Å². The van der Waals surface area contributed by atoms with Crippen LogP contribution in [0, 0.1) is 11.8 Å². The van der Waals surface area contributed by atoms with Crippen molar-refractivity contribution in [1.82, 2.24) is 10.1 Å². The molecular formula is C20H37Cl2N3O5. The largest absolute Gasteiger partial charge is 0.466 e. The van der Waals surface area contributed by atoms with E-state index in [1.807, 2.05) is 0 Å². The van der Waals surface area contributed by atoms with Gasteiger partial charge in [0.05, 0.1) is 19.1 Å². The number of esters is 1. The van der Waals surface area contributed by atoms with Crippen LogP contribution in [0.1, 0.15) is 51.9 Å². The molecule has 2 aliphatic carbocycles. The molecule has 2 fully saturated rings. The summed E-state index contributed by atoms with van der Waals surface area (Å²) in [6.45, 7) is 2.58. The van der Waals surface area contributed by atoms with Gasteiger partial charge in [0.1, 0.15) is 0 Å². The topological polar surface area (TPSA) is 119 Å². The first-order chi connectivity index (χ1) is 14.2. The molecule has 2 saturated carbocycles. The van der Waals surface area contributed by atoms with Crippen molar-refractivity contribution in [2.24, 2.45) is 17.6 Å². The molecule has 0 amide bonds. The highest BCUT2D eigenvalue weighted by atomic mass is 35.5. The fourth-order valence-corrected chi connectivity index (χ4v) is 5.65. The Bertz CT molecular complexity index is 523. The van der Waals surface area contributed by atoms with Gasteiger partial charge < -0.3 is 26.0 Å². The minimum Gasteiger partial charge on any atom is -0.466 e. The second-order valence-electron chi connectivity index (χ2n) is 8.71. The summed E-state index contributed by atoms with van der Waals surface area (Å²) in [4.78, 5) is 12.1. The Labute approximate surface area is 189 Å². The molecule has 0 aromatic rings. The van der Waals surface area contributed by atoms with E-state index in [0.717, 1.165) is 16.5 Å². The summed E-state index contributed by atoms with van der Waals surface area (Å²) >= 11 is 12.7. The molecule has 2 aliphatic rings. The Hall–Kier alpha value is -0.190. The summed E-state index contributed by atoms with van der Waals surface area (Å²) in [6.07, 6.45) is 3.63. The summed E-state index contributed by atoms with van der Waals surface area (Å²) in [5.74, 6) is -0.540. The first-order valence-electron chi connectivity index (χ1n) is 11.0. The van der Waals surface area contributed by atoms with E-state index >= 15 is 0 Å². The molecule has 176 valence electrons. The van der Waals surface area contributed by atoms with Crippen LogP contribution in [0.3, 0.4) is 0 Å². The molecule has 0 bridgehead atoms. The lowest BCUT2D eigenvalue weighted by atomic mass is 9.82. The van der Waals surface area contributed by atoms with E-state index in [1.54, 1.807) is 6.92 Å². The van der Waals surface area contributed by atoms with Crippen LogP contribution >= 0.6 is 23.2 Å². The minimum absolute atomic E-state index is 0.0316. The van der Waals surface area contributed by atoms with Gasteiger partial charge in [-0.1, -0.05) is 0 Å². The molecule has 30 heavy (non-hydrogen) atoms. The highest BCUT2D eigenvalue weighted by Crippen LogP contribution is 2.35. The van der Waals surface area contributed by atoms with E-state index in [-0.39, 0.29) is 67.3 Å². The zero-order valence-electron chi connectivity index (χ0n) is 17.7. The number of halogens is 2. The van der Waals surface area contributed by atoms with E-state index in [4.69, 9.17) is 33.7 Å². The zero-order chi connectivity index (χ0) is 22.3. The molecule has 5 N–H and O–H groups in total. The predicted molar refractivity (Wildman–Crippen MR) is 115 cm³/mol. The SMILES string of the molecule is CCOC(=O)CC(C1CC(Cl)CC(Cl)C1)N(O)CCN(O)CC1CC(N)CCC1O. The maximum absolute atomic E-state index is 12.1. The van der Waals surface area contributed by atoms with Gasteiger partial charge in [-0.2, -0.15) is 10.1 Å². The average molecular weight is 470 g/mol. The molecule has 0 radical (unpaired) electrons. The zero-order valence-corrected chi connectivity index (χ0v) is 19.2. The molecule has 0 aliphatic heterocycles. The summed E-state index contributed by atoms with van der Waals surface area (Å²) < 4.78 is 5.07. The van der Waals surface area contributed by atoms with Gasteiger partial charge in [0, 0.05) is 48.4 Å². The van der Waals surface area contributed by atoms with Crippen LogP contribution in [0.15, 0.2) is 0 Å². The van der Waals surface area contributed by atoms with Crippen LogP contribution in [-0.2, 0) is 9.53 Å². The second kappa shape index (κ2) is 12.7. The van der Waals surface area contributed by atoms with Crippen molar-refractivity contribution in [3.05, 3.63) is 0 Å². The number of alkyl halides is 2. The van der Waals surface area contributed by atoms with Gasteiger partial charge in [0.2, 0.25) is 0 Å². The number of ether oxygens (including phenoxy) is 1. The molecule has 8 nitrogen and oxygen atoms in total.